The predicted molar refractivity (Wildman–Crippen MR) is 96.9 cm³/mol. The van der Waals surface area contributed by atoms with E-state index in [0.717, 1.165) is 0 Å². The number of rotatable bonds is 5. The molecular weight excluding hydrogens is 350 g/mol. The summed E-state index contributed by atoms with van der Waals surface area (Å²) < 4.78 is 6.04. The molecule has 142 valence electrons. The average molecular weight is 371 g/mol. The lowest BCUT2D eigenvalue weighted by Crippen LogP contribution is -2.44. The van der Waals surface area contributed by atoms with Crippen LogP contribution in [0.25, 0.3) is 0 Å². The Labute approximate surface area is 156 Å². The Bertz CT molecular complexity index is 821. The van der Waals surface area contributed by atoms with Crippen LogP contribution in [0.2, 0.25) is 0 Å². The van der Waals surface area contributed by atoms with Crippen molar-refractivity contribution in [3.05, 3.63) is 36.4 Å². The Kier molecular flexibility index (Phi) is 4.24. The molecule has 1 aromatic rings. The molecule has 3 heterocycles. The number of fused-ring (bicyclic) bond motifs is 1. The van der Waals surface area contributed by atoms with Crippen LogP contribution in [-0.2, 0) is 19.1 Å². The lowest BCUT2D eigenvalue weighted by Gasteiger charge is -2.23. The normalized spacial score (nSPS) is 30.5. The van der Waals surface area contributed by atoms with E-state index >= 15 is 0 Å². The van der Waals surface area contributed by atoms with Crippen LogP contribution in [0.4, 0.5) is 11.4 Å². The first-order valence-electron chi connectivity index (χ1n) is 8.90. The fourth-order valence-corrected chi connectivity index (χ4v) is 4.24. The highest BCUT2D eigenvalue weighted by atomic mass is 16.5. The molecule has 4 atom stereocenters. The summed E-state index contributed by atoms with van der Waals surface area (Å²) in [7, 11) is 0. The van der Waals surface area contributed by atoms with Gasteiger partial charge in [0.1, 0.15) is 5.60 Å². The molecule has 3 N–H and O–H groups in total. The van der Waals surface area contributed by atoms with Crippen molar-refractivity contribution >= 4 is 29.1 Å². The van der Waals surface area contributed by atoms with Crippen molar-refractivity contribution in [3.63, 3.8) is 0 Å². The second-order valence-electron chi connectivity index (χ2n) is 7.07. The molecular formula is C19H21N3O5. The van der Waals surface area contributed by atoms with Crippen molar-refractivity contribution in [2.45, 2.75) is 18.6 Å². The van der Waals surface area contributed by atoms with Crippen molar-refractivity contribution in [1.29, 1.82) is 0 Å². The number of amides is 3. The third-order valence-corrected chi connectivity index (χ3v) is 5.31. The number of carbonyl (C=O) groups excluding carboxylic acids is 3. The Morgan fingerprint density at radius 2 is 2.07 bits per heavy atom. The fraction of sp³-hybridized carbons (Fsp3) is 0.421. The van der Waals surface area contributed by atoms with Crippen molar-refractivity contribution in [2.75, 3.05) is 29.9 Å². The molecule has 27 heavy (non-hydrogen) atoms. The van der Waals surface area contributed by atoms with Crippen LogP contribution in [0.1, 0.15) is 6.92 Å². The molecule has 2 fully saturated rings. The van der Waals surface area contributed by atoms with Gasteiger partial charge in [-0.25, -0.2) is 0 Å². The van der Waals surface area contributed by atoms with Crippen LogP contribution < -0.4 is 15.5 Å². The standard InChI is InChI=1S/C19H21N3O5/c1-11(24)21-12-2-4-13(5-3-12)22-10-19-7-6-14(27-19)15(16(19)18(22)26)17(25)20-8-9-23/h2-7,14-16,23H,8-10H2,1H3,(H,20,25)(H,21,24). The number of aliphatic hydroxyl groups is 1. The highest BCUT2D eigenvalue weighted by Gasteiger charge is 2.66. The number of ether oxygens (including phenoxy) is 1. The van der Waals surface area contributed by atoms with E-state index in [0.29, 0.717) is 17.9 Å². The lowest BCUT2D eigenvalue weighted by atomic mass is 9.77. The van der Waals surface area contributed by atoms with Gasteiger partial charge in [-0.1, -0.05) is 12.2 Å². The molecule has 0 saturated carbocycles. The monoisotopic (exact) mass is 371 g/mol. The number of hydrogen-bond donors (Lipinski definition) is 3. The molecule has 4 rings (SSSR count). The van der Waals surface area contributed by atoms with Gasteiger partial charge < -0.3 is 25.4 Å². The minimum absolute atomic E-state index is 0.147. The number of anilines is 2. The summed E-state index contributed by atoms with van der Waals surface area (Å²) in [4.78, 5) is 38.4. The van der Waals surface area contributed by atoms with Gasteiger partial charge in [-0.05, 0) is 24.3 Å². The van der Waals surface area contributed by atoms with Gasteiger partial charge in [0.15, 0.2) is 0 Å². The van der Waals surface area contributed by atoms with Gasteiger partial charge in [0.2, 0.25) is 17.7 Å². The van der Waals surface area contributed by atoms with Crippen molar-refractivity contribution < 1.29 is 24.2 Å². The quantitative estimate of drug-likeness (QED) is 0.634. The Balaban J connectivity index is 1.57. The molecule has 1 aromatic carbocycles. The second-order valence-corrected chi connectivity index (χ2v) is 7.07. The third kappa shape index (κ3) is 2.81. The molecule has 8 heteroatoms. The van der Waals surface area contributed by atoms with E-state index in [1.165, 1.54) is 6.92 Å². The summed E-state index contributed by atoms with van der Waals surface area (Å²) in [5.41, 5.74) is 0.543. The first kappa shape index (κ1) is 17.7. The van der Waals surface area contributed by atoms with E-state index in [9.17, 15) is 14.4 Å². The maximum atomic E-state index is 13.1. The molecule has 3 amide bonds. The second kappa shape index (κ2) is 6.47. The molecule has 2 bridgehead atoms. The minimum atomic E-state index is -0.792. The summed E-state index contributed by atoms with van der Waals surface area (Å²) >= 11 is 0. The fourth-order valence-electron chi connectivity index (χ4n) is 4.24. The van der Waals surface area contributed by atoms with E-state index in [4.69, 9.17) is 9.84 Å². The summed E-state index contributed by atoms with van der Waals surface area (Å²) in [6.45, 7) is 1.76. The number of carbonyl (C=O) groups is 3. The third-order valence-electron chi connectivity index (χ3n) is 5.31. The van der Waals surface area contributed by atoms with E-state index in [1.54, 1.807) is 29.2 Å². The van der Waals surface area contributed by atoms with Crippen LogP contribution in [0, 0.1) is 11.8 Å². The predicted octanol–water partition coefficient (Wildman–Crippen LogP) is 0.0399. The topological polar surface area (TPSA) is 108 Å². The van der Waals surface area contributed by atoms with Crippen LogP contribution >= 0.6 is 0 Å². The largest absolute Gasteiger partial charge is 0.395 e. The highest BCUT2D eigenvalue weighted by Crippen LogP contribution is 2.52. The number of hydrogen-bond acceptors (Lipinski definition) is 5. The van der Waals surface area contributed by atoms with Gasteiger partial charge in [-0.3, -0.25) is 14.4 Å². The molecule has 3 aliphatic heterocycles. The van der Waals surface area contributed by atoms with Gasteiger partial charge in [0.25, 0.3) is 0 Å². The van der Waals surface area contributed by atoms with Crippen LogP contribution in [-0.4, -0.2) is 54.2 Å². The number of nitrogens with one attached hydrogen (secondary N) is 2. The Hall–Kier alpha value is -2.71. The summed E-state index contributed by atoms with van der Waals surface area (Å²) in [6.07, 6.45) is 3.32. The zero-order chi connectivity index (χ0) is 19.2. The van der Waals surface area contributed by atoms with E-state index in [1.807, 2.05) is 12.2 Å². The summed E-state index contributed by atoms with van der Waals surface area (Å²) in [6, 6.07) is 6.99. The van der Waals surface area contributed by atoms with Gasteiger partial charge in [0.05, 0.1) is 31.1 Å². The first-order valence-corrected chi connectivity index (χ1v) is 8.90. The molecule has 0 aromatic heterocycles. The van der Waals surface area contributed by atoms with Gasteiger partial charge in [-0.2, -0.15) is 0 Å². The highest BCUT2D eigenvalue weighted by molar-refractivity contribution is 6.03. The van der Waals surface area contributed by atoms with Gasteiger partial charge >= 0.3 is 0 Å². The molecule has 0 aliphatic carbocycles. The van der Waals surface area contributed by atoms with E-state index < -0.39 is 23.5 Å². The van der Waals surface area contributed by atoms with Crippen LogP contribution in [0.5, 0.6) is 0 Å². The van der Waals surface area contributed by atoms with Crippen LogP contribution in [0.15, 0.2) is 36.4 Å². The number of nitrogens with zero attached hydrogens (tertiary/aromatic N) is 1. The summed E-state index contributed by atoms with van der Waals surface area (Å²) in [5.74, 6) is -1.78. The smallest absolute Gasteiger partial charge is 0.234 e. The first-order chi connectivity index (χ1) is 12.9. The molecule has 8 nitrogen and oxygen atoms in total. The van der Waals surface area contributed by atoms with Gasteiger partial charge in [0, 0.05) is 24.8 Å². The molecule has 1 spiro atoms. The minimum Gasteiger partial charge on any atom is -0.395 e. The van der Waals surface area contributed by atoms with Crippen LogP contribution in [0.3, 0.4) is 0 Å². The Morgan fingerprint density at radius 3 is 2.74 bits per heavy atom. The van der Waals surface area contributed by atoms with E-state index in [-0.39, 0.29) is 30.9 Å². The van der Waals surface area contributed by atoms with Crippen molar-refractivity contribution in [2.24, 2.45) is 11.8 Å². The number of aliphatic hydroxyl groups excluding tert-OH is 1. The zero-order valence-corrected chi connectivity index (χ0v) is 14.8. The lowest BCUT2D eigenvalue weighted by molar-refractivity contribution is -0.132. The molecule has 0 radical (unpaired) electrons. The van der Waals surface area contributed by atoms with E-state index in [2.05, 4.69) is 10.6 Å². The molecule has 3 aliphatic rings. The molecule has 4 unspecified atom stereocenters. The maximum Gasteiger partial charge on any atom is 0.234 e. The van der Waals surface area contributed by atoms with Crippen molar-refractivity contribution in [1.82, 2.24) is 5.32 Å². The summed E-state index contributed by atoms with van der Waals surface area (Å²) in [5, 5.41) is 14.3. The molecule has 2 saturated heterocycles. The zero-order valence-electron chi connectivity index (χ0n) is 14.8. The Morgan fingerprint density at radius 1 is 1.33 bits per heavy atom. The average Bonchev–Trinajstić information content (AvgIpc) is 3.28. The SMILES string of the molecule is CC(=O)Nc1ccc(N2CC34C=CC(O3)C(C(=O)NCCO)C4C2=O)cc1. The number of benzene rings is 1. The van der Waals surface area contributed by atoms with Crippen molar-refractivity contribution in [3.8, 4) is 0 Å². The maximum absolute atomic E-state index is 13.1. The van der Waals surface area contributed by atoms with Gasteiger partial charge in [-0.15, -0.1) is 0 Å².